The van der Waals surface area contributed by atoms with E-state index in [2.05, 4.69) is 0 Å². The molecule has 0 atom stereocenters. The fraction of sp³-hybridized carbons (Fsp3) is 0. The molecule has 3 nitrogen and oxygen atoms in total. The zero-order valence-corrected chi connectivity index (χ0v) is 3.91. The van der Waals surface area contributed by atoms with Crippen molar-refractivity contribution in [1.82, 2.24) is 0 Å². The molecule has 0 aliphatic rings. The van der Waals surface area contributed by atoms with Crippen LogP contribution in [0, 0.1) is 0 Å². The van der Waals surface area contributed by atoms with Crippen LogP contribution in [0.1, 0.15) is 0 Å². The van der Waals surface area contributed by atoms with Crippen LogP contribution in [0.25, 0.3) is 0 Å². The summed E-state index contributed by atoms with van der Waals surface area (Å²) < 4.78 is 24.6. The van der Waals surface area contributed by atoms with Gasteiger partial charge in [0.05, 0.1) is 0 Å². The third-order valence-corrected chi connectivity index (χ3v) is 0. The first kappa shape index (κ1) is 4.30. The summed E-state index contributed by atoms with van der Waals surface area (Å²) in [7, 11) is 0. The average molecular weight is 142 g/mol. The van der Waals surface area contributed by atoms with Crippen LogP contribution in [0.2, 0.25) is 0 Å². The third kappa shape index (κ3) is 43.1. The molecule has 4 heavy (non-hydrogen) atoms. The van der Waals surface area contributed by atoms with Gasteiger partial charge in [-0.1, -0.05) is 0 Å². The van der Waals surface area contributed by atoms with Crippen LogP contribution < -0.4 is 0 Å². The maximum absolute atomic E-state index is 8.71. The molecule has 4 heteroatoms. The first-order valence-corrected chi connectivity index (χ1v) is 3.34. The summed E-state index contributed by atoms with van der Waals surface area (Å²) >= 11 is -3.95. The number of hydrogen-bond acceptors (Lipinski definition) is 2. The second-order valence-corrected chi connectivity index (χ2v) is 1.41. The summed E-state index contributed by atoms with van der Waals surface area (Å²) in [5.41, 5.74) is 0. The second kappa shape index (κ2) is 1.60. The summed E-state index contributed by atoms with van der Waals surface area (Å²) in [6.07, 6.45) is 0. The van der Waals surface area contributed by atoms with Gasteiger partial charge in [-0.25, -0.2) is 0 Å². The van der Waals surface area contributed by atoms with E-state index in [1.54, 1.807) is 0 Å². The molecule has 0 saturated carbocycles. The van der Waals surface area contributed by atoms with Crippen LogP contribution in [-0.2, 0) is 25.3 Å². The quantitative estimate of drug-likeness (QED) is 0.450. The maximum atomic E-state index is 8.71. The Morgan fingerprint density at radius 3 is 1.50 bits per heavy atom. The van der Waals surface area contributed by atoms with E-state index < -0.39 is 18.8 Å². The predicted molar refractivity (Wildman–Crippen MR) is 3.59 cm³/mol. The topological polar surface area (TPSA) is 54.4 Å². The van der Waals surface area contributed by atoms with E-state index in [9.17, 15) is 0 Å². The van der Waals surface area contributed by atoms with Gasteiger partial charge in [0, 0.05) is 0 Å². The Morgan fingerprint density at radius 2 is 1.50 bits per heavy atom. The van der Waals surface area contributed by atoms with Crippen LogP contribution in [0.4, 0.5) is 0 Å². The fourth-order valence-electron chi connectivity index (χ4n) is 0. The molecule has 0 heterocycles. The van der Waals surface area contributed by atoms with Gasteiger partial charge in [-0.3, -0.25) is 0 Å². The first-order valence-electron chi connectivity index (χ1n) is 0.565. The van der Waals surface area contributed by atoms with Crippen molar-refractivity contribution >= 4 is 0 Å². The van der Waals surface area contributed by atoms with Crippen molar-refractivity contribution in [3.63, 3.8) is 0 Å². The van der Waals surface area contributed by atoms with Crippen molar-refractivity contribution in [2.24, 2.45) is 0 Å². The van der Waals surface area contributed by atoms with E-state index in [4.69, 9.17) is 10.1 Å². The molecule has 24 valence electrons. The van der Waals surface area contributed by atoms with Crippen molar-refractivity contribution < 1.29 is 28.9 Å². The molecule has 0 aliphatic heterocycles. The molecule has 0 radical (unpaired) electrons. The van der Waals surface area contributed by atoms with Gasteiger partial charge >= 0.3 is 28.9 Å². The van der Waals surface area contributed by atoms with E-state index in [1.165, 1.54) is 0 Å². The Kier molecular flexibility index (Phi) is 1.72. The van der Waals surface area contributed by atoms with Gasteiger partial charge in [-0.2, -0.15) is 0 Å². The molecule has 0 fully saturated rings. The van der Waals surface area contributed by atoms with Crippen LogP contribution in [-0.4, -0.2) is 3.61 Å². The molecule has 0 aromatic rings. The van der Waals surface area contributed by atoms with Gasteiger partial charge in [-0.15, -0.1) is 0 Å². The molecule has 0 aliphatic carbocycles. The summed E-state index contributed by atoms with van der Waals surface area (Å²) in [5, 5.41) is 0. The fourth-order valence-corrected chi connectivity index (χ4v) is 0. The number of hydrogen-bond donors (Lipinski definition) is 1. The van der Waals surface area contributed by atoms with E-state index in [0.717, 1.165) is 0 Å². The molecule has 0 aromatic heterocycles. The second-order valence-electron chi connectivity index (χ2n) is 0.238. The van der Waals surface area contributed by atoms with E-state index >= 15 is 0 Å². The predicted octanol–water partition coefficient (Wildman–Crippen LogP) is -0.797. The number of rotatable bonds is 0. The average Bonchev–Trinajstić information content (AvgIpc) is 0.811. The summed E-state index contributed by atoms with van der Waals surface area (Å²) in [6, 6.07) is 0. The molecule has 0 aromatic carbocycles. The molecule has 0 rings (SSSR count). The molecular formula is HNbO3. The van der Waals surface area contributed by atoms with Crippen molar-refractivity contribution in [3.8, 4) is 0 Å². The summed E-state index contributed by atoms with van der Waals surface area (Å²) in [4.78, 5) is 0. The normalized spacial score (nSPS) is 6.25. The zero-order chi connectivity index (χ0) is 3.58. The van der Waals surface area contributed by atoms with Gasteiger partial charge in [0.15, 0.2) is 0 Å². The van der Waals surface area contributed by atoms with Crippen molar-refractivity contribution in [2.45, 2.75) is 0 Å². The van der Waals surface area contributed by atoms with Gasteiger partial charge in [-0.05, 0) is 0 Å². The molecule has 0 saturated heterocycles. The zero-order valence-electron chi connectivity index (χ0n) is 1.71. The molecule has 1 N–H and O–H groups in total. The van der Waals surface area contributed by atoms with Crippen LogP contribution in [0.5, 0.6) is 0 Å². The van der Waals surface area contributed by atoms with Gasteiger partial charge in [0.2, 0.25) is 0 Å². The minimum absolute atomic E-state index is 3.95. The molecule has 0 unspecified atom stereocenters. The van der Waals surface area contributed by atoms with E-state index in [0.29, 0.717) is 0 Å². The Hall–Kier alpha value is 0.300. The molecule has 0 amide bonds. The third-order valence-electron chi connectivity index (χ3n) is 0. The van der Waals surface area contributed by atoms with Gasteiger partial charge in [0.1, 0.15) is 0 Å². The summed E-state index contributed by atoms with van der Waals surface area (Å²) in [6.45, 7) is 0. The van der Waals surface area contributed by atoms with E-state index in [-0.39, 0.29) is 0 Å². The summed E-state index contributed by atoms with van der Waals surface area (Å²) in [5.74, 6) is 0. The Bertz CT molecular complexity index is 51.7. The SMILES string of the molecule is [O]=[Nb](=[O])[OH]. The van der Waals surface area contributed by atoms with Gasteiger partial charge in [0.25, 0.3) is 0 Å². The van der Waals surface area contributed by atoms with E-state index in [1.807, 2.05) is 0 Å². The Balaban J connectivity index is 3.51. The van der Waals surface area contributed by atoms with Crippen LogP contribution in [0.3, 0.4) is 0 Å². The minimum atomic E-state index is -3.95. The van der Waals surface area contributed by atoms with Crippen molar-refractivity contribution in [1.29, 1.82) is 0 Å². The first-order chi connectivity index (χ1) is 1.73. The molecule has 0 spiro atoms. The van der Waals surface area contributed by atoms with Crippen LogP contribution in [0.15, 0.2) is 0 Å². The van der Waals surface area contributed by atoms with Gasteiger partial charge < -0.3 is 0 Å². The molecular weight excluding hydrogens is 141 g/mol. The van der Waals surface area contributed by atoms with Crippen LogP contribution >= 0.6 is 0 Å². The van der Waals surface area contributed by atoms with Crippen molar-refractivity contribution in [3.05, 3.63) is 0 Å². The standard InChI is InChI=1S/Nb.H2O.2O/h;1H2;;/q+1;;;/p-1. The Labute approximate surface area is 29.5 Å². The molecule has 0 bridgehead atoms. The van der Waals surface area contributed by atoms with Crippen molar-refractivity contribution in [2.75, 3.05) is 0 Å². The monoisotopic (exact) mass is 142 g/mol. The Morgan fingerprint density at radius 1 is 1.50 bits per heavy atom.